The highest BCUT2D eigenvalue weighted by Gasteiger charge is 2.59. The SMILES string of the molecule is Cc1nn(CC(C)C)c(C)c1CCC(=O)N1CCC2(CC1)CC2C(=O)O. The van der Waals surface area contributed by atoms with Gasteiger partial charge < -0.3 is 10.0 Å². The summed E-state index contributed by atoms with van der Waals surface area (Å²) in [7, 11) is 0. The standard InChI is InChI=1S/C20H31N3O3/c1-13(2)12-23-15(4)16(14(3)21-23)5-6-18(24)22-9-7-20(8-10-22)11-17(20)19(25)26/h13,17H,5-12H2,1-4H3,(H,25,26). The average Bonchev–Trinajstić information content (AvgIpc) is 3.21. The summed E-state index contributed by atoms with van der Waals surface area (Å²) in [5.74, 6) is -0.131. The Labute approximate surface area is 155 Å². The maximum atomic E-state index is 12.6. The van der Waals surface area contributed by atoms with Crippen molar-refractivity contribution >= 4 is 11.9 Å². The van der Waals surface area contributed by atoms with Crippen LogP contribution in [-0.2, 0) is 22.6 Å². The lowest BCUT2D eigenvalue weighted by Crippen LogP contribution is -2.40. The fraction of sp³-hybridized carbons (Fsp3) is 0.750. The summed E-state index contributed by atoms with van der Waals surface area (Å²) < 4.78 is 2.06. The molecule has 1 spiro atoms. The molecule has 1 N–H and O–H groups in total. The summed E-state index contributed by atoms with van der Waals surface area (Å²) in [5, 5.41) is 13.8. The molecule has 2 heterocycles. The fourth-order valence-corrected chi connectivity index (χ4v) is 4.46. The quantitative estimate of drug-likeness (QED) is 0.845. The van der Waals surface area contributed by atoms with Gasteiger partial charge in [0.25, 0.3) is 0 Å². The monoisotopic (exact) mass is 361 g/mol. The van der Waals surface area contributed by atoms with Crippen LogP contribution in [0.25, 0.3) is 0 Å². The van der Waals surface area contributed by atoms with Crippen molar-refractivity contribution < 1.29 is 14.7 Å². The third kappa shape index (κ3) is 3.64. The molecule has 1 saturated heterocycles. The van der Waals surface area contributed by atoms with Crippen LogP contribution in [-0.4, -0.2) is 44.8 Å². The van der Waals surface area contributed by atoms with E-state index in [2.05, 4.69) is 30.6 Å². The van der Waals surface area contributed by atoms with E-state index in [1.807, 2.05) is 11.8 Å². The number of aliphatic carboxylic acids is 1. The van der Waals surface area contributed by atoms with Crippen LogP contribution in [0.3, 0.4) is 0 Å². The number of nitrogens with zero attached hydrogens (tertiary/aromatic N) is 3. The Morgan fingerprint density at radius 1 is 1.27 bits per heavy atom. The van der Waals surface area contributed by atoms with Crippen LogP contribution in [0.1, 0.15) is 56.5 Å². The predicted octanol–water partition coefficient (Wildman–Crippen LogP) is 2.80. The number of hydrogen-bond acceptors (Lipinski definition) is 3. The smallest absolute Gasteiger partial charge is 0.307 e. The molecule has 1 aliphatic heterocycles. The summed E-state index contributed by atoms with van der Waals surface area (Å²) in [6.07, 6.45) is 3.69. The summed E-state index contributed by atoms with van der Waals surface area (Å²) in [6, 6.07) is 0. The van der Waals surface area contributed by atoms with Gasteiger partial charge in [-0.1, -0.05) is 13.8 Å². The van der Waals surface area contributed by atoms with E-state index in [9.17, 15) is 14.7 Å². The van der Waals surface area contributed by atoms with Crippen LogP contribution in [0.15, 0.2) is 0 Å². The van der Waals surface area contributed by atoms with E-state index in [-0.39, 0.29) is 17.2 Å². The Morgan fingerprint density at radius 2 is 1.92 bits per heavy atom. The van der Waals surface area contributed by atoms with Crippen molar-refractivity contribution in [2.24, 2.45) is 17.3 Å². The third-order valence-corrected chi connectivity index (χ3v) is 6.26. The van der Waals surface area contributed by atoms with Crippen LogP contribution >= 0.6 is 0 Å². The number of carbonyl (C=O) groups is 2. The summed E-state index contributed by atoms with van der Waals surface area (Å²) in [6.45, 7) is 10.8. The van der Waals surface area contributed by atoms with Gasteiger partial charge in [0.1, 0.15) is 0 Å². The molecule has 2 fully saturated rings. The maximum absolute atomic E-state index is 12.6. The molecule has 6 nitrogen and oxygen atoms in total. The Morgan fingerprint density at radius 3 is 2.46 bits per heavy atom. The largest absolute Gasteiger partial charge is 0.481 e. The second kappa shape index (κ2) is 7.05. The molecule has 1 aromatic heterocycles. The summed E-state index contributed by atoms with van der Waals surface area (Å²) in [5.41, 5.74) is 3.37. The first-order valence-electron chi connectivity index (χ1n) is 9.77. The third-order valence-electron chi connectivity index (χ3n) is 6.26. The average molecular weight is 361 g/mol. The van der Waals surface area contributed by atoms with Crippen molar-refractivity contribution in [3.8, 4) is 0 Å². The lowest BCUT2D eigenvalue weighted by molar-refractivity contribution is -0.139. The van der Waals surface area contributed by atoms with Gasteiger partial charge in [0.15, 0.2) is 0 Å². The Balaban J connectivity index is 1.52. The number of amides is 1. The minimum atomic E-state index is -0.672. The number of carboxylic acid groups (broad SMARTS) is 1. The molecular weight excluding hydrogens is 330 g/mol. The van der Waals surface area contributed by atoms with Gasteiger partial charge in [0.2, 0.25) is 5.91 Å². The van der Waals surface area contributed by atoms with Crippen molar-refractivity contribution in [3.05, 3.63) is 17.0 Å². The topological polar surface area (TPSA) is 75.4 Å². The number of hydrogen-bond donors (Lipinski definition) is 1. The second-order valence-corrected chi connectivity index (χ2v) is 8.56. The number of likely N-dealkylation sites (tertiary alicyclic amines) is 1. The molecule has 1 atom stereocenters. The number of piperidine rings is 1. The molecule has 0 aromatic carbocycles. The first kappa shape index (κ1) is 18.9. The van der Waals surface area contributed by atoms with Crippen molar-refractivity contribution in [2.45, 2.75) is 66.3 Å². The van der Waals surface area contributed by atoms with Gasteiger partial charge in [-0.15, -0.1) is 0 Å². The van der Waals surface area contributed by atoms with Gasteiger partial charge in [-0.05, 0) is 56.4 Å². The Bertz CT molecular complexity index is 699. The Kier molecular flexibility index (Phi) is 5.13. The highest BCUT2D eigenvalue weighted by Crippen LogP contribution is 2.59. The van der Waals surface area contributed by atoms with E-state index in [1.165, 1.54) is 11.3 Å². The minimum Gasteiger partial charge on any atom is -0.481 e. The molecule has 1 saturated carbocycles. The Hall–Kier alpha value is -1.85. The van der Waals surface area contributed by atoms with Crippen LogP contribution in [0.4, 0.5) is 0 Å². The molecule has 0 bridgehead atoms. The predicted molar refractivity (Wildman–Crippen MR) is 98.8 cm³/mol. The molecule has 6 heteroatoms. The fourth-order valence-electron chi connectivity index (χ4n) is 4.46. The van der Waals surface area contributed by atoms with Crippen LogP contribution in [0.2, 0.25) is 0 Å². The number of aryl methyl sites for hydroxylation is 1. The van der Waals surface area contributed by atoms with Gasteiger partial charge in [0.05, 0.1) is 11.6 Å². The second-order valence-electron chi connectivity index (χ2n) is 8.56. The summed E-state index contributed by atoms with van der Waals surface area (Å²) >= 11 is 0. The van der Waals surface area contributed by atoms with Crippen molar-refractivity contribution in [3.63, 3.8) is 0 Å². The van der Waals surface area contributed by atoms with Crippen LogP contribution < -0.4 is 0 Å². The van der Waals surface area contributed by atoms with Gasteiger partial charge in [-0.3, -0.25) is 14.3 Å². The zero-order valence-electron chi connectivity index (χ0n) is 16.4. The van der Waals surface area contributed by atoms with E-state index in [4.69, 9.17) is 0 Å². The van der Waals surface area contributed by atoms with Crippen molar-refractivity contribution in [2.75, 3.05) is 13.1 Å². The lowest BCUT2D eigenvalue weighted by Gasteiger charge is -2.32. The van der Waals surface area contributed by atoms with Gasteiger partial charge >= 0.3 is 5.97 Å². The normalized spacial score (nSPS) is 21.4. The molecule has 1 aromatic rings. The maximum Gasteiger partial charge on any atom is 0.307 e. The molecule has 144 valence electrons. The highest BCUT2D eigenvalue weighted by molar-refractivity contribution is 5.77. The number of rotatable bonds is 6. The van der Waals surface area contributed by atoms with Gasteiger partial charge in [0, 0.05) is 31.7 Å². The molecule has 26 heavy (non-hydrogen) atoms. The summed E-state index contributed by atoms with van der Waals surface area (Å²) in [4.78, 5) is 25.7. The van der Waals surface area contributed by atoms with Crippen molar-refractivity contribution in [1.29, 1.82) is 0 Å². The van der Waals surface area contributed by atoms with E-state index in [0.29, 0.717) is 25.4 Å². The van der Waals surface area contributed by atoms with E-state index in [0.717, 1.165) is 37.9 Å². The highest BCUT2D eigenvalue weighted by atomic mass is 16.4. The molecule has 1 unspecified atom stereocenters. The van der Waals surface area contributed by atoms with Crippen LogP contribution in [0.5, 0.6) is 0 Å². The minimum absolute atomic E-state index is 0.0201. The van der Waals surface area contributed by atoms with E-state index < -0.39 is 5.97 Å². The number of carboxylic acids is 1. The molecule has 1 amide bonds. The molecule has 2 aliphatic rings. The molecular formula is C20H31N3O3. The van der Waals surface area contributed by atoms with E-state index >= 15 is 0 Å². The molecule has 0 radical (unpaired) electrons. The first-order valence-corrected chi connectivity index (χ1v) is 9.77. The number of aromatic nitrogens is 2. The molecule has 1 aliphatic carbocycles. The zero-order valence-corrected chi connectivity index (χ0v) is 16.4. The first-order chi connectivity index (χ1) is 12.2. The van der Waals surface area contributed by atoms with Crippen LogP contribution in [0, 0.1) is 31.1 Å². The zero-order chi connectivity index (χ0) is 19.1. The van der Waals surface area contributed by atoms with Gasteiger partial charge in [-0.2, -0.15) is 5.10 Å². The van der Waals surface area contributed by atoms with Gasteiger partial charge in [-0.25, -0.2) is 0 Å². The van der Waals surface area contributed by atoms with E-state index in [1.54, 1.807) is 0 Å². The molecule has 3 rings (SSSR count). The lowest BCUT2D eigenvalue weighted by atomic mass is 9.90. The van der Waals surface area contributed by atoms with Crippen molar-refractivity contribution in [1.82, 2.24) is 14.7 Å². The number of carbonyl (C=O) groups excluding carboxylic acids is 1.